The third-order valence-electron chi connectivity index (χ3n) is 6.75. The molecule has 150 valence electrons. The van der Waals surface area contributed by atoms with Gasteiger partial charge in [0.1, 0.15) is 0 Å². The van der Waals surface area contributed by atoms with Gasteiger partial charge in [-0.15, -0.1) is 11.3 Å². The summed E-state index contributed by atoms with van der Waals surface area (Å²) in [4.78, 5) is 19.4. The summed E-state index contributed by atoms with van der Waals surface area (Å²) in [6.45, 7) is 3.89. The van der Waals surface area contributed by atoms with Crippen molar-refractivity contribution in [2.24, 2.45) is 0 Å². The van der Waals surface area contributed by atoms with Crippen LogP contribution >= 0.6 is 11.3 Å². The Bertz CT molecular complexity index is 825. The van der Waals surface area contributed by atoms with Crippen LogP contribution in [0.2, 0.25) is 0 Å². The van der Waals surface area contributed by atoms with E-state index in [2.05, 4.69) is 56.3 Å². The summed E-state index contributed by atoms with van der Waals surface area (Å²) in [6, 6.07) is 11.3. The van der Waals surface area contributed by atoms with Crippen LogP contribution in [0.3, 0.4) is 0 Å². The smallest absolute Gasteiger partial charge is 0.264 e. The fraction of sp³-hybridized carbons (Fsp3) is 0.542. The molecule has 28 heavy (non-hydrogen) atoms. The lowest BCUT2D eigenvalue weighted by molar-refractivity contribution is 0.0797. The van der Waals surface area contributed by atoms with Crippen molar-refractivity contribution in [3.8, 4) is 10.4 Å². The lowest BCUT2D eigenvalue weighted by Crippen LogP contribution is -2.42. The Morgan fingerprint density at radius 3 is 2.25 bits per heavy atom. The molecule has 4 rings (SSSR count). The number of hydrogen-bond donors (Lipinski definition) is 0. The highest BCUT2D eigenvalue weighted by Gasteiger charge is 2.35. The van der Waals surface area contributed by atoms with Gasteiger partial charge in [0.2, 0.25) is 0 Å². The zero-order chi connectivity index (χ0) is 19.7. The maximum atomic E-state index is 12.8. The Morgan fingerprint density at radius 1 is 1.00 bits per heavy atom. The van der Waals surface area contributed by atoms with Crippen LogP contribution < -0.4 is 0 Å². The van der Waals surface area contributed by atoms with Gasteiger partial charge in [0.15, 0.2) is 0 Å². The molecule has 1 amide bonds. The first-order valence-electron chi connectivity index (χ1n) is 10.7. The molecule has 3 nitrogen and oxygen atoms in total. The molecule has 0 atom stereocenters. The predicted molar refractivity (Wildman–Crippen MR) is 118 cm³/mol. The Labute approximate surface area is 173 Å². The van der Waals surface area contributed by atoms with Gasteiger partial charge in [0, 0.05) is 23.5 Å². The molecule has 4 heteroatoms. The van der Waals surface area contributed by atoms with E-state index in [1.54, 1.807) is 11.3 Å². The maximum Gasteiger partial charge on any atom is 0.264 e. The molecule has 0 unspecified atom stereocenters. The van der Waals surface area contributed by atoms with E-state index < -0.39 is 0 Å². The number of likely N-dealkylation sites (tertiary alicyclic amines) is 1. The quantitative estimate of drug-likeness (QED) is 0.664. The summed E-state index contributed by atoms with van der Waals surface area (Å²) in [5.41, 5.74) is 3.95. The van der Waals surface area contributed by atoms with Gasteiger partial charge in [-0.1, -0.05) is 43.5 Å². The zero-order valence-electron chi connectivity index (χ0n) is 17.5. The largest absolute Gasteiger partial charge is 0.338 e. The monoisotopic (exact) mass is 396 g/mol. The number of benzene rings is 1. The molecular weight excluding hydrogens is 364 g/mol. The molecule has 2 fully saturated rings. The van der Waals surface area contributed by atoms with Crippen LogP contribution in [-0.4, -0.2) is 42.9 Å². The summed E-state index contributed by atoms with van der Waals surface area (Å²) >= 11 is 1.65. The van der Waals surface area contributed by atoms with Crippen LogP contribution in [-0.2, 0) is 5.54 Å². The van der Waals surface area contributed by atoms with Crippen LogP contribution in [0.1, 0.15) is 65.7 Å². The van der Waals surface area contributed by atoms with Gasteiger partial charge >= 0.3 is 0 Å². The van der Waals surface area contributed by atoms with Crippen molar-refractivity contribution in [1.29, 1.82) is 0 Å². The van der Waals surface area contributed by atoms with E-state index in [0.29, 0.717) is 0 Å². The third-order valence-corrected chi connectivity index (χ3v) is 8.02. The van der Waals surface area contributed by atoms with Crippen LogP contribution in [0.25, 0.3) is 10.4 Å². The highest BCUT2D eigenvalue weighted by molar-refractivity contribution is 7.17. The molecule has 1 aromatic carbocycles. The van der Waals surface area contributed by atoms with Crippen molar-refractivity contribution in [2.75, 3.05) is 27.2 Å². The van der Waals surface area contributed by atoms with E-state index in [-0.39, 0.29) is 11.4 Å². The molecule has 2 aromatic rings. The first kappa shape index (κ1) is 19.7. The van der Waals surface area contributed by atoms with Gasteiger partial charge < -0.3 is 4.90 Å². The fourth-order valence-electron chi connectivity index (χ4n) is 4.98. The first-order chi connectivity index (χ1) is 13.5. The average Bonchev–Trinajstić information content (AvgIpc) is 3.38. The standard InChI is InChI=1S/C24H32N2OS/c1-18-17-21(28-22(18)23(27)26-15-7-8-16-26)19-9-11-20(12-10-19)24(25(2)3)13-5-4-6-14-24/h9-12,17H,4-8,13-16H2,1-3H3. The number of aryl methyl sites for hydroxylation is 1. The predicted octanol–water partition coefficient (Wildman–Crippen LogP) is 5.68. The Hall–Kier alpha value is -1.65. The Kier molecular flexibility index (Phi) is 5.62. The van der Waals surface area contributed by atoms with Crippen LogP contribution in [0.15, 0.2) is 30.3 Å². The molecule has 1 saturated heterocycles. The summed E-state index contributed by atoms with van der Waals surface area (Å²) in [6.07, 6.45) is 8.74. The Morgan fingerprint density at radius 2 is 1.64 bits per heavy atom. The van der Waals surface area contributed by atoms with Gasteiger partial charge in [-0.3, -0.25) is 9.69 Å². The van der Waals surface area contributed by atoms with Crippen molar-refractivity contribution in [3.63, 3.8) is 0 Å². The SMILES string of the molecule is Cc1cc(-c2ccc(C3(N(C)C)CCCCC3)cc2)sc1C(=O)N1CCCC1. The number of carbonyl (C=O) groups excluding carboxylic acids is 1. The number of hydrogen-bond acceptors (Lipinski definition) is 3. The van der Waals surface area contributed by atoms with E-state index in [1.807, 2.05) is 4.90 Å². The average molecular weight is 397 g/mol. The van der Waals surface area contributed by atoms with Crippen molar-refractivity contribution in [1.82, 2.24) is 9.80 Å². The van der Waals surface area contributed by atoms with Crippen LogP contribution in [0.5, 0.6) is 0 Å². The summed E-state index contributed by atoms with van der Waals surface area (Å²) < 4.78 is 0. The summed E-state index contributed by atoms with van der Waals surface area (Å²) in [5, 5.41) is 0. The topological polar surface area (TPSA) is 23.6 Å². The lowest BCUT2D eigenvalue weighted by atomic mass is 9.75. The lowest BCUT2D eigenvalue weighted by Gasteiger charge is -2.43. The fourth-order valence-corrected chi connectivity index (χ4v) is 6.12. The second-order valence-electron chi connectivity index (χ2n) is 8.69. The van der Waals surface area contributed by atoms with Gasteiger partial charge in [0.05, 0.1) is 4.88 Å². The minimum atomic E-state index is 0.180. The third kappa shape index (κ3) is 3.53. The second-order valence-corrected chi connectivity index (χ2v) is 9.74. The minimum Gasteiger partial charge on any atom is -0.338 e. The van der Waals surface area contributed by atoms with Crippen molar-refractivity contribution in [2.45, 2.75) is 57.4 Å². The van der Waals surface area contributed by atoms with Crippen LogP contribution in [0.4, 0.5) is 0 Å². The zero-order valence-corrected chi connectivity index (χ0v) is 18.3. The van der Waals surface area contributed by atoms with E-state index in [4.69, 9.17) is 0 Å². The first-order valence-corrected chi connectivity index (χ1v) is 11.5. The van der Waals surface area contributed by atoms with Crippen molar-refractivity contribution in [3.05, 3.63) is 46.3 Å². The molecule has 1 aliphatic heterocycles. The number of rotatable bonds is 4. The molecule has 0 radical (unpaired) electrons. The second kappa shape index (κ2) is 8.00. The molecule has 0 spiro atoms. The van der Waals surface area contributed by atoms with Gasteiger partial charge in [-0.2, -0.15) is 0 Å². The highest BCUT2D eigenvalue weighted by Crippen LogP contribution is 2.42. The highest BCUT2D eigenvalue weighted by atomic mass is 32.1. The molecule has 2 aliphatic rings. The number of carbonyl (C=O) groups is 1. The maximum absolute atomic E-state index is 12.8. The van der Waals surface area contributed by atoms with E-state index >= 15 is 0 Å². The normalized spacial score (nSPS) is 19.4. The molecule has 0 N–H and O–H groups in total. The molecule has 2 heterocycles. The summed E-state index contributed by atoms with van der Waals surface area (Å²) in [5.74, 6) is 0.219. The van der Waals surface area contributed by atoms with E-state index in [0.717, 1.165) is 36.4 Å². The molecule has 0 bridgehead atoms. The Balaban J connectivity index is 1.59. The number of amides is 1. The van der Waals surface area contributed by atoms with Crippen LogP contribution in [0, 0.1) is 6.92 Å². The molecule has 1 saturated carbocycles. The number of nitrogens with zero attached hydrogens (tertiary/aromatic N) is 2. The molecule has 1 aliphatic carbocycles. The van der Waals surface area contributed by atoms with Gasteiger partial charge in [-0.25, -0.2) is 0 Å². The summed E-state index contributed by atoms with van der Waals surface area (Å²) in [7, 11) is 4.44. The van der Waals surface area contributed by atoms with E-state index in [1.165, 1.54) is 48.1 Å². The van der Waals surface area contributed by atoms with Gasteiger partial charge in [0.25, 0.3) is 5.91 Å². The number of thiophene rings is 1. The van der Waals surface area contributed by atoms with Crippen molar-refractivity contribution >= 4 is 17.2 Å². The van der Waals surface area contributed by atoms with Gasteiger partial charge in [-0.05, 0) is 69.5 Å². The minimum absolute atomic E-state index is 0.180. The molecular formula is C24H32N2OS. The van der Waals surface area contributed by atoms with E-state index in [9.17, 15) is 4.79 Å². The molecule has 1 aromatic heterocycles. The van der Waals surface area contributed by atoms with Crippen molar-refractivity contribution < 1.29 is 4.79 Å².